The summed E-state index contributed by atoms with van der Waals surface area (Å²) >= 11 is 1.68. The Kier molecular flexibility index (Phi) is 3.11. The molecule has 2 aliphatic rings. The molecule has 2 saturated heterocycles. The fraction of sp³-hybridized carbons (Fsp3) is 0.467. The van der Waals surface area contributed by atoms with E-state index in [0.29, 0.717) is 5.69 Å². The maximum Gasteiger partial charge on any atom is 0.274 e. The average molecular weight is 315 g/mol. The van der Waals surface area contributed by atoms with Crippen molar-refractivity contribution >= 4 is 22.4 Å². The van der Waals surface area contributed by atoms with E-state index in [1.54, 1.807) is 23.7 Å². The minimum absolute atomic E-state index is 0.00850. The number of hydrogen-bond acceptors (Lipinski definition) is 6. The summed E-state index contributed by atoms with van der Waals surface area (Å²) < 4.78 is 0. The highest BCUT2D eigenvalue weighted by Crippen LogP contribution is 2.41. The summed E-state index contributed by atoms with van der Waals surface area (Å²) in [6.07, 6.45) is 6.18. The van der Waals surface area contributed by atoms with E-state index in [0.717, 1.165) is 43.4 Å². The molecule has 2 aromatic rings. The van der Waals surface area contributed by atoms with Gasteiger partial charge in [-0.2, -0.15) is 0 Å². The molecule has 2 aromatic heterocycles. The molecule has 0 saturated carbocycles. The summed E-state index contributed by atoms with van der Waals surface area (Å²) in [5.41, 5.74) is 1.50. The molecule has 1 spiro atoms. The third-order valence-corrected chi connectivity index (χ3v) is 5.30. The molecule has 0 unspecified atom stereocenters. The van der Waals surface area contributed by atoms with Crippen molar-refractivity contribution in [1.29, 1.82) is 0 Å². The van der Waals surface area contributed by atoms with Crippen LogP contribution in [0.2, 0.25) is 0 Å². The van der Waals surface area contributed by atoms with Crippen molar-refractivity contribution in [2.75, 3.05) is 31.1 Å². The highest BCUT2D eigenvalue weighted by Gasteiger charge is 2.50. The maximum atomic E-state index is 12.4. The second kappa shape index (κ2) is 5.01. The van der Waals surface area contributed by atoms with Crippen LogP contribution in [0.5, 0.6) is 0 Å². The zero-order valence-electron chi connectivity index (χ0n) is 12.4. The molecule has 0 bridgehead atoms. The standard InChI is InChI=1S/C15H17N5OS/c1-11-6-18-12(7-17-11)13(21)20-9-15(10-20)2-4-19(8-15)14-16-3-5-22-14/h3,5-7H,2,4,8-10H2,1H3. The Balaban J connectivity index is 1.40. The normalized spacial score (nSPS) is 19.5. The van der Waals surface area contributed by atoms with Crippen LogP contribution in [-0.2, 0) is 0 Å². The average Bonchev–Trinajstić information content (AvgIpc) is 3.15. The lowest BCUT2D eigenvalue weighted by atomic mass is 9.79. The molecule has 2 fully saturated rings. The number of aromatic nitrogens is 3. The van der Waals surface area contributed by atoms with Crippen LogP contribution in [0.4, 0.5) is 5.13 Å². The highest BCUT2D eigenvalue weighted by molar-refractivity contribution is 7.13. The molecule has 6 nitrogen and oxygen atoms in total. The summed E-state index contributed by atoms with van der Waals surface area (Å²) in [6, 6.07) is 0. The molecule has 4 rings (SSSR count). The zero-order chi connectivity index (χ0) is 15.2. The lowest BCUT2D eigenvalue weighted by Crippen LogP contribution is -2.59. The van der Waals surface area contributed by atoms with E-state index in [2.05, 4.69) is 19.9 Å². The molecule has 114 valence electrons. The van der Waals surface area contributed by atoms with E-state index >= 15 is 0 Å². The van der Waals surface area contributed by atoms with E-state index in [1.807, 2.05) is 23.4 Å². The van der Waals surface area contributed by atoms with Gasteiger partial charge in [0, 0.05) is 49.4 Å². The molecule has 22 heavy (non-hydrogen) atoms. The Labute approximate surface area is 132 Å². The third kappa shape index (κ3) is 2.25. The van der Waals surface area contributed by atoms with Gasteiger partial charge >= 0.3 is 0 Å². The van der Waals surface area contributed by atoms with Crippen molar-refractivity contribution in [3.05, 3.63) is 35.4 Å². The first-order chi connectivity index (χ1) is 10.7. The van der Waals surface area contributed by atoms with Gasteiger partial charge in [0.2, 0.25) is 0 Å². The fourth-order valence-corrected chi connectivity index (χ4v) is 3.97. The van der Waals surface area contributed by atoms with Gasteiger partial charge in [-0.05, 0) is 13.3 Å². The van der Waals surface area contributed by atoms with Crippen molar-refractivity contribution in [2.45, 2.75) is 13.3 Å². The predicted molar refractivity (Wildman–Crippen MR) is 84.0 cm³/mol. The van der Waals surface area contributed by atoms with Gasteiger partial charge in [-0.3, -0.25) is 9.78 Å². The van der Waals surface area contributed by atoms with Crippen LogP contribution in [0.3, 0.4) is 0 Å². The second-order valence-corrected chi connectivity index (χ2v) is 7.06. The molecule has 2 aliphatic heterocycles. The molecule has 4 heterocycles. The number of aryl methyl sites for hydroxylation is 1. The number of carbonyl (C=O) groups is 1. The number of carbonyl (C=O) groups excluding carboxylic acids is 1. The zero-order valence-corrected chi connectivity index (χ0v) is 13.2. The third-order valence-electron chi connectivity index (χ3n) is 4.47. The van der Waals surface area contributed by atoms with Crippen molar-refractivity contribution in [2.24, 2.45) is 5.41 Å². The Morgan fingerprint density at radius 2 is 2.09 bits per heavy atom. The number of hydrogen-bond donors (Lipinski definition) is 0. The second-order valence-electron chi connectivity index (χ2n) is 6.19. The van der Waals surface area contributed by atoms with Gasteiger partial charge in [0.05, 0.1) is 11.9 Å². The van der Waals surface area contributed by atoms with E-state index in [4.69, 9.17) is 0 Å². The molecular formula is C15H17N5OS. The topological polar surface area (TPSA) is 62.2 Å². The number of nitrogens with zero attached hydrogens (tertiary/aromatic N) is 5. The van der Waals surface area contributed by atoms with Crippen LogP contribution in [0.1, 0.15) is 22.6 Å². The summed E-state index contributed by atoms with van der Waals surface area (Å²) in [6.45, 7) is 5.50. The van der Waals surface area contributed by atoms with Crippen LogP contribution in [0.25, 0.3) is 0 Å². The molecule has 0 N–H and O–H groups in total. The largest absolute Gasteiger partial charge is 0.347 e. The Morgan fingerprint density at radius 1 is 1.23 bits per heavy atom. The van der Waals surface area contributed by atoms with Crippen molar-refractivity contribution in [3.63, 3.8) is 0 Å². The summed E-state index contributed by atoms with van der Waals surface area (Å²) in [5, 5.41) is 3.10. The minimum atomic E-state index is -0.00850. The van der Waals surface area contributed by atoms with Gasteiger partial charge in [-0.25, -0.2) is 9.97 Å². The predicted octanol–water partition coefficient (Wildman–Crippen LogP) is 1.59. The van der Waals surface area contributed by atoms with Crippen LogP contribution in [-0.4, -0.2) is 51.9 Å². The summed E-state index contributed by atoms with van der Waals surface area (Å²) in [4.78, 5) is 29.3. The molecule has 0 aromatic carbocycles. The summed E-state index contributed by atoms with van der Waals surface area (Å²) in [5.74, 6) is -0.00850. The van der Waals surface area contributed by atoms with Crippen LogP contribution >= 0.6 is 11.3 Å². The molecule has 7 heteroatoms. The van der Waals surface area contributed by atoms with Gasteiger partial charge in [-0.15, -0.1) is 11.3 Å². The smallest absolute Gasteiger partial charge is 0.274 e. The molecular weight excluding hydrogens is 298 g/mol. The van der Waals surface area contributed by atoms with Crippen molar-refractivity contribution in [1.82, 2.24) is 19.9 Å². The van der Waals surface area contributed by atoms with Gasteiger partial charge in [-0.1, -0.05) is 0 Å². The van der Waals surface area contributed by atoms with Crippen molar-refractivity contribution in [3.8, 4) is 0 Å². The lowest BCUT2D eigenvalue weighted by Gasteiger charge is -2.47. The minimum Gasteiger partial charge on any atom is -0.347 e. The van der Waals surface area contributed by atoms with E-state index in [1.165, 1.54) is 0 Å². The van der Waals surface area contributed by atoms with Gasteiger partial charge in [0.1, 0.15) is 5.69 Å². The maximum absolute atomic E-state index is 12.4. The molecule has 0 aliphatic carbocycles. The van der Waals surface area contributed by atoms with Gasteiger partial charge in [0.15, 0.2) is 5.13 Å². The Hall–Kier alpha value is -2.02. The van der Waals surface area contributed by atoms with E-state index < -0.39 is 0 Å². The van der Waals surface area contributed by atoms with Crippen LogP contribution < -0.4 is 4.90 Å². The number of amides is 1. The first-order valence-electron chi connectivity index (χ1n) is 7.38. The SMILES string of the molecule is Cc1cnc(C(=O)N2CC3(CCN(c4nccs4)C3)C2)cn1. The molecule has 0 radical (unpaired) electrons. The van der Waals surface area contributed by atoms with Crippen molar-refractivity contribution < 1.29 is 4.79 Å². The number of thiazole rings is 1. The summed E-state index contributed by atoms with van der Waals surface area (Å²) in [7, 11) is 0. The lowest BCUT2D eigenvalue weighted by molar-refractivity contribution is 0.0162. The Bertz CT molecular complexity index is 678. The first kappa shape index (κ1) is 13.6. The van der Waals surface area contributed by atoms with Gasteiger partial charge in [0.25, 0.3) is 5.91 Å². The highest BCUT2D eigenvalue weighted by atomic mass is 32.1. The Morgan fingerprint density at radius 3 is 2.77 bits per heavy atom. The first-order valence-corrected chi connectivity index (χ1v) is 8.26. The monoisotopic (exact) mass is 315 g/mol. The van der Waals surface area contributed by atoms with E-state index in [9.17, 15) is 4.79 Å². The molecule has 1 amide bonds. The molecule has 0 atom stereocenters. The van der Waals surface area contributed by atoms with E-state index in [-0.39, 0.29) is 11.3 Å². The van der Waals surface area contributed by atoms with Crippen LogP contribution in [0.15, 0.2) is 24.0 Å². The van der Waals surface area contributed by atoms with Gasteiger partial charge < -0.3 is 9.80 Å². The fourth-order valence-electron chi connectivity index (χ4n) is 3.30. The quantitative estimate of drug-likeness (QED) is 0.842. The van der Waals surface area contributed by atoms with Crippen LogP contribution in [0, 0.1) is 12.3 Å². The number of likely N-dealkylation sites (tertiary alicyclic amines) is 1. The number of rotatable bonds is 2. The number of anilines is 1.